The van der Waals surface area contributed by atoms with Crippen LogP contribution in [-0.2, 0) is 30.5 Å². The lowest BCUT2D eigenvalue weighted by Gasteiger charge is -2.52. The van der Waals surface area contributed by atoms with Crippen molar-refractivity contribution in [3.05, 3.63) is 35.9 Å². The molecule has 32 heavy (non-hydrogen) atoms. The molecule has 2 heterocycles. The normalized spacial score (nSPS) is 25.9. The maximum Gasteiger partial charge on any atom is 0.409 e. The van der Waals surface area contributed by atoms with Crippen molar-refractivity contribution < 1.29 is 28.7 Å². The Balaban J connectivity index is 1.75. The highest BCUT2D eigenvalue weighted by Gasteiger charge is 2.73. The summed E-state index contributed by atoms with van der Waals surface area (Å²) in [4.78, 5) is 50.7. The summed E-state index contributed by atoms with van der Waals surface area (Å²) in [5, 5.41) is 3.89. The molecule has 0 aromatic heterocycles. The third-order valence-corrected chi connectivity index (χ3v) is 6.91. The van der Waals surface area contributed by atoms with Crippen molar-refractivity contribution in [3.8, 4) is 0 Å². The number of carbonyl (C=O) groups excluding carboxylic acids is 4. The van der Waals surface area contributed by atoms with Crippen LogP contribution in [0.4, 0.5) is 4.79 Å². The average Bonchev–Trinajstić information content (AvgIpc) is 2.99. The minimum absolute atomic E-state index is 0.0446. The Kier molecular flexibility index (Phi) is 7.09. The summed E-state index contributed by atoms with van der Waals surface area (Å²) < 4.78 is 7.64. The van der Waals surface area contributed by atoms with Gasteiger partial charge in [-0.05, 0) is 19.4 Å². The molecule has 2 N–H and O–H groups in total. The summed E-state index contributed by atoms with van der Waals surface area (Å²) in [6, 6.07) is 8.17. The first-order valence-corrected chi connectivity index (χ1v) is 11.4. The third-order valence-electron chi connectivity index (χ3n) is 4.95. The number of nitrogens with one attached hydrogen (secondary N) is 2. The number of esters is 1. The maximum absolute atomic E-state index is 13.1. The van der Waals surface area contributed by atoms with E-state index < -0.39 is 50.2 Å². The summed E-state index contributed by atoms with van der Waals surface area (Å²) in [7, 11) is 0. The first-order valence-electron chi connectivity index (χ1n) is 9.35. The summed E-state index contributed by atoms with van der Waals surface area (Å²) >= 11 is 17.9. The monoisotopic (exact) mass is 523 g/mol. The van der Waals surface area contributed by atoms with Crippen LogP contribution in [0.5, 0.6) is 0 Å². The van der Waals surface area contributed by atoms with Gasteiger partial charge in [0.2, 0.25) is 15.9 Å². The zero-order valence-electron chi connectivity index (χ0n) is 17.0. The molecule has 2 fully saturated rings. The quantitative estimate of drug-likeness (QED) is 0.185. The fourth-order valence-electron chi connectivity index (χ4n) is 3.57. The van der Waals surface area contributed by atoms with Crippen LogP contribution in [0.3, 0.4) is 0 Å². The van der Waals surface area contributed by atoms with Gasteiger partial charge in [0.15, 0.2) is 0 Å². The van der Waals surface area contributed by atoms with Gasteiger partial charge in [-0.25, -0.2) is 9.59 Å². The third kappa shape index (κ3) is 4.88. The number of hydrogen-bond donors (Lipinski definition) is 2. The van der Waals surface area contributed by atoms with E-state index in [1.54, 1.807) is 13.8 Å². The minimum atomic E-state index is -1.85. The first kappa shape index (κ1) is 24.8. The van der Waals surface area contributed by atoms with Gasteiger partial charge in [-0.1, -0.05) is 65.1 Å². The summed E-state index contributed by atoms with van der Waals surface area (Å²) in [6.45, 7) is 3.01. The van der Waals surface area contributed by atoms with Crippen LogP contribution in [0.15, 0.2) is 30.3 Å². The van der Waals surface area contributed by atoms with Crippen LogP contribution >= 0.6 is 46.6 Å². The van der Waals surface area contributed by atoms with E-state index in [9.17, 15) is 19.2 Å². The molecule has 1 aromatic rings. The molecule has 0 unspecified atom stereocenters. The molecule has 9 nitrogen and oxygen atoms in total. The molecular formula is C19H20Cl3N3O6S. The van der Waals surface area contributed by atoms with E-state index in [0.29, 0.717) is 0 Å². The molecule has 2 aliphatic rings. The smallest absolute Gasteiger partial charge is 0.409 e. The number of rotatable bonds is 7. The van der Waals surface area contributed by atoms with E-state index in [4.69, 9.17) is 44.3 Å². The fourth-order valence-corrected chi connectivity index (χ4v) is 5.38. The van der Waals surface area contributed by atoms with Crippen LogP contribution in [0, 0.1) is 0 Å². The zero-order valence-corrected chi connectivity index (χ0v) is 20.1. The van der Waals surface area contributed by atoms with Gasteiger partial charge in [0.1, 0.15) is 24.6 Å². The number of alkyl carbamates (subject to hydrolysis) is 1. The molecule has 2 aliphatic heterocycles. The van der Waals surface area contributed by atoms with Gasteiger partial charge < -0.3 is 19.7 Å². The molecule has 3 rings (SSSR count). The van der Waals surface area contributed by atoms with E-state index in [0.717, 1.165) is 5.56 Å². The van der Waals surface area contributed by atoms with Crippen molar-refractivity contribution in [2.45, 2.75) is 46.1 Å². The Morgan fingerprint density at radius 1 is 1.22 bits per heavy atom. The van der Waals surface area contributed by atoms with Gasteiger partial charge in [0, 0.05) is 4.75 Å². The second kappa shape index (κ2) is 9.17. The molecule has 13 heteroatoms. The number of nitrogens with zero attached hydrogens (tertiary/aromatic N) is 1. The van der Waals surface area contributed by atoms with E-state index in [1.807, 2.05) is 30.3 Å². The van der Waals surface area contributed by atoms with Crippen molar-refractivity contribution in [1.82, 2.24) is 15.5 Å². The summed E-state index contributed by atoms with van der Waals surface area (Å²) in [5.74, 6) is -1.29. The highest BCUT2D eigenvalue weighted by molar-refractivity contribution is 8.01. The largest absolute Gasteiger partial charge is 0.459 e. The Labute approximate surface area is 203 Å². The zero-order chi connectivity index (χ0) is 23.7. The highest BCUT2D eigenvalue weighted by Crippen LogP contribution is 2.54. The van der Waals surface area contributed by atoms with Crippen molar-refractivity contribution in [2.24, 2.45) is 0 Å². The molecule has 1 aromatic carbocycles. The number of benzene rings is 1. The van der Waals surface area contributed by atoms with E-state index in [1.165, 1.54) is 16.7 Å². The number of halogens is 3. The number of fused-ring (bicyclic) bond motifs is 1. The van der Waals surface area contributed by atoms with Gasteiger partial charge in [-0.3, -0.25) is 14.9 Å². The Bertz CT molecular complexity index is 913. The predicted octanol–water partition coefficient (Wildman–Crippen LogP) is 2.33. The lowest BCUT2D eigenvalue weighted by molar-refractivity contribution is -0.173. The molecule has 2 saturated heterocycles. The van der Waals surface area contributed by atoms with Crippen LogP contribution in [0.25, 0.3) is 0 Å². The molecule has 174 valence electrons. The molecule has 3 atom stereocenters. The molecule has 0 saturated carbocycles. The lowest BCUT2D eigenvalue weighted by Crippen LogP contribution is -2.84. The Morgan fingerprint density at radius 3 is 2.47 bits per heavy atom. The van der Waals surface area contributed by atoms with Crippen LogP contribution in [0.1, 0.15) is 19.4 Å². The van der Waals surface area contributed by atoms with Gasteiger partial charge in [-0.2, -0.15) is 0 Å². The highest BCUT2D eigenvalue weighted by atomic mass is 35.6. The van der Waals surface area contributed by atoms with Crippen molar-refractivity contribution in [1.29, 1.82) is 0 Å². The number of β-lactam (4-membered cyclic amide) rings is 1. The molecule has 0 aliphatic carbocycles. The van der Waals surface area contributed by atoms with Gasteiger partial charge in [-0.15, -0.1) is 11.8 Å². The minimum Gasteiger partial charge on any atom is -0.459 e. The number of ether oxygens (including phenoxy) is 2. The van der Waals surface area contributed by atoms with Gasteiger partial charge >= 0.3 is 12.1 Å². The van der Waals surface area contributed by atoms with Gasteiger partial charge in [0.25, 0.3) is 5.91 Å². The number of alkyl halides is 3. The Hall–Kier alpha value is -1.88. The van der Waals surface area contributed by atoms with Crippen LogP contribution in [-0.4, -0.2) is 61.5 Å². The lowest BCUT2D eigenvalue weighted by atomic mass is 9.91. The van der Waals surface area contributed by atoms with Gasteiger partial charge in [0.05, 0.1) is 0 Å². The standard InChI is InChI=1S/C19H20Cl3N3O6S/c1-17(2)12(13(27)30-8-11-6-4-3-5-7-11)25-14(28)19(23-10-26,15(25)32-17)24-16(29)31-9-18(20,21)22/h3-7,10,12,15H,8-9H2,1-2H3,(H,23,26)(H,24,29)/t12-,15+,19-/m0/s1. The topological polar surface area (TPSA) is 114 Å². The van der Waals surface area contributed by atoms with E-state index >= 15 is 0 Å². The predicted molar refractivity (Wildman–Crippen MR) is 119 cm³/mol. The number of amides is 3. The maximum atomic E-state index is 13.1. The Morgan fingerprint density at radius 2 is 1.88 bits per heavy atom. The second-order valence-electron chi connectivity index (χ2n) is 7.67. The van der Waals surface area contributed by atoms with Crippen LogP contribution < -0.4 is 10.6 Å². The molecule has 0 radical (unpaired) electrons. The summed E-state index contributed by atoms with van der Waals surface area (Å²) in [5.41, 5.74) is -1.02. The SMILES string of the molecule is CC1(C)S[C@H]2N(C(=O)[C@]2(NC=O)NC(=O)OCC(Cl)(Cl)Cl)[C@H]1C(=O)OCc1ccccc1. The number of hydrogen-bond acceptors (Lipinski definition) is 7. The van der Waals surface area contributed by atoms with E-state index in [2.05, 4.69) is 10.6 Å². The number of carbonyl (C=O) groups is 4. The molecule has 3 amide bonds. The van der Waals surface area contributed by atoms with Crippen LogP contribution in [0.2, 0.25) is 0 Å². The fraction of sp³-hybridized carbons (Fsp3) is 0.474. The van der Waals surface area contributed by atoms with Crippen molar-refractivity contribution >= 4 is 70.9 Å². The first-order chi connectivity index (χ1) is 14.9. The summed E-state index contributed by atoms with van der Waals surface area (Å²) in [6.07, 6.45) is -0.800. The number of thioether (sulfide) groups is 1. The molecule has 0 spiro atoms. The average molecular weight is 525 g/mol. The molecular weight excluding hydrogens is 505 g/mol. The van der Waals surface area contributed by atoms with E-state index in [-0.39, 0.29) is 13.0 Å². The van der Waals surface area contributed by atoms with Crippen molar-refractivity contribution in [2.75, 3.05) is 6.61 Å². The molecule has 0 bridgehead atoms. The second-order valence-corrected chi connectivity index (χ2v) is 11.9. The van der Waals surface area contributed by atoms with Crippen molar-refractivity contribution in [3.63, 3.8) is 0 Å².